The first-order valence-electron chi connectivity index (χ1n) is 8.08. The van der Waals surface area contributed by atoms with E-state index in [-0.39, 0.29) is 0 Å². The van der Waals surface area contributed by atoms with Gasteiger partial charge in [-0.3, -0.25) is 0 Å². The molecular formula is C18H34. The summed E-state index contributed by atoms with van der Waals surface area (Å²) >= 11 is 0. The predicted octanol–water partition coefficient (Wildman–Crippen LogP) is 5.91. The molecule has 0 heteroatoms. The van der Waals surface area contributed by atoms with Gasteiger partial charge in [-0.25, -0.2) is 0 Å². The van der Waals surface area contributed by atoms with E-state index in [0.29, 0.717) is 16.2 Å². The van der Waals surface area contributed by atoms with Gasteiger partial charge in [0.25, 0.3) is 0 Å². The van der Waals surface area contributed by atoms with Gasteiger partial charge in [0.05, 0.1) is 0 Å². The average Bonchev–Trinajstić information content (AvgIpc) is 2.11. The van der Waals surface area contributed by atoms with Crippen LogP contribution in [0.1, 0.15) is 80.6 Å². The fourth-order valence-corrected chi connectivity index (χ4v) is 6.01. The smallest absolute Gasteiger partial charge is 0.0213 e. The average molecular weight is 250 g/mol. The highest BCUT2D eigenvalue weighted by Gasteiger charge is 2.59. The maximum absolute atomic E-state index is 2.53. The van der Waals surface area contributed by atoms with Crippen LogP contribution in [0.5, 0.6) is 0 Å². The van der Waals surface area contributed by atoms with Crippen molar-refractivity contribution in [2.75, 3.05) is 0 Å². The second kappa shape index (κ2) is 4.25. The Balaban J connectivity index is 2.29. The first-order valence-corrected chi connectivity index (χ1v) is 8.08. The molecule has 2 aliphatic rings. The van der Waals surface area contributed by atoms with E-state index >= 15 is 0 Å². The molecule has 18 heavy (non-hydrogen) atoms. The van der Waals surface area contributed by atoms with E-state index in [1.165, 1.54) is 32.1 Å². The molecule has 0 amide bonds. The van der Waals surface area contributed by atoms with E-state index in [2.05, 4.69) is 48.5 Å². The molecule has 0 bridgehead atoms. The summed E-state index contributed by atoms with van der Waals surface area (Å²) in [5.41, 5.74) is 1.72. The van der Waals surface area contributed by atoms with Crippen LogP contribution in [0.4, 0.5) is 0 Å². The highest BCUT2D eigenvalue weighted by molar-refractivity contribution is 5.09. The van der Waals surface area contributed by atoms with E-state index in [1.807, 2.05) is 0 Å². The van der Waals surface area contributed by atoms with Crippen molar-refractivity contribution in [3.05, 3.63) is 0 Å². The number of rotatable bonds is 0. The summed E-state index contributed by atoms with van der Waals surface area (Å²) in [6, 6.07) is 0. The van der Waals surface area contributed by atoms with E-state index < -0.39 is 0 Å². The van der Waals surface area contributed by atoms with Gasteiger partial charge in [-0.2, -0.15) is 0 Å². The van der Waals surface area contributed by atoms with Crippen molar-refractivity contribution in [2.24, 2.45) is 34.0 Å². The molecule has 2 aliphatic carbocycles. The standard InChI is InChI=1S/C18H34/c1-13-8-14(2)10-18(12-16(4,5)9-13)15(3)11-17(18,6)7/h13-15H,8-12H2,1-7H3. The molecule has 0 saturated heterocycles. The van der Waals surface area contributed by atoms with Crippen molar-refractivity contribution in [1.29, 1.82) is 0 Å². The Bertz CT molecular complexity index is 312. The van der Waals surface area contributed by atoms with Crippen LogP contribution in [-0.2, 0) is 0 Å². The van der Waals surface area contributed by atoms with Crippen LogP contribution in [0.2, 0.25) is 0 Å². The lowest BCUT2D eigenvalue weighted by Gasteiger charge is -2.65. The molecule has 0 aromatic heterocycles. The minimum absolute atomic E-state index is 0.533. The molecule has 2 fully saturated rings. The molecule has 4 atom stereocenters. The lowest BCUT2D eigenvalue weighted by Crippen LogP contribution is -2.57. The van der Waals surface area contributed by atoms with E-state index in [1.54, 1.807) is 0 Å². The molecule has 0 heterocycles. The minimum atomic E-state index is 0.533. The molecule has 1 spiro atoms. The van der Waals surface area contributed by atoms with Crippen LogP contribution >= 0.6 is 0 Å². The zero-order chi connectivity index (χ0) is 13.8. The molecule has 106 valence electrons. The van der Waals surface area contributed by atoms with Crippen molar-refractivity contribution in [2.45, 2.75) is 80.6 Å². The fourth-order valence-electron chi connectivity index (χ4n) is 6.01. The largest absolute Gasteiger partial charge is 0.0625 e. The van der Waals surface area contributed by atoms with Crippen LogP contribution in [0.15, 0.2) is 0 Å². The summed E-state index contributed by atoms with van der Waals surface area (Å²) in [5, 5.41) is 0. The zero-order valence-electron chi connectivity index (χ0n) is 13.8. The molecule has 0 radical (unpaired) electrons. The third-order valence-electron chi connectivity index (χ3n) is 6.32. The predicted molar refractivity (Wildman–Crippen MR) is 80.6 cm³/mol. The Kier molecular flexibility index (Phi) is 3.40. The Morgan fingerprint density at radius 3 is 1.83 bits per heavy atom. The lowest BCUT2D eigenvalue weighted by molar-refractivity contribution is -0.161. The SMILES string of the molecule is CC1CC(C)CC2(CC(C)(C)C1)C(C)CC2(C)C. The summed E-state index contributed by atoms with van der Waals surface area (Å²) in [6.45, 7) is 17.6. The fraction of sp³-hybridized carbons (Fsp3) is 1.00. The molecule has 2 rings (SSSR count). The van der Waals surface area contributed by atoms with Crippen LogP contribution in [0.25, 0.3) is 0 Å². The van der Waals surface area contributed by atoms with Crippen molar-refractivity contribution in [3.63, 3.8) is 0 Å². The van der Waals surface area contributed by atoms with Gasteiger partial charge >= 0.3 is 0 Å². The highest BCUT2D eigenvalue weighted by Crippen LogP contribution is 2.68. The first kappa shape index (κ1) is 14.4. The molecule has 4 unspecified atom stereocenters. The minimum Gasteiger partial charge on any atom is -0.0625 e. The molecule has 2 saturated carbocycles. The monoisotopic (exact) mass is 250 g/mol. The van der Waals surface area contributed by atoms with E-state index in [0.717, 1.165) is 17.8 Å². The molecule has 0 aliphatic heterocycles. The van der Waals surface area contributed by atoms with E-state index in [9.17, 15) is 0 Å². The Hall–Kier alpha value is 0. The number of hydrogen-bond donors (Lipinski definition) is 0. The second-order valence-corrected chi connectivity index (χ2v) is 9.34. The summed E-state index contributed by atoms with van der Waals surface area (Å²) in [5.74, 6) is 2.76. The van der Waals surface area contributed by atoms with Crippen LogP contribution in [0, 0.1) is 34.0 Å². The molecule has 0 aromatic carbocycles. The van der Waals surface area contributed by atoms with Gasteiger partial charge < -0.3 is 0 Å². The van der Waals surface area contributed by atoms with Gasteiger partial charge in [0.2, 0.25) is 0 Å². The molecule has 0 N–H and O–H groups in total. The van der Waals surface area contributed by atoms with Gasteiger partial charge in [0, 0.05) is 0 Å². The van der Waals surface area contributed by atoms with Crippen LogP contribution in [0.3, 0.4) is 0 Å². The normalized spacial score (nSPS) is 47.2. The lowest BCUT2D eigenvalue weighted by atomic mass is 9.39. The third kappa shape index (κ3) is 2.25. The maximum Gasteiger partial charge on any atom is -0.0213 e. The van der Waals surface area contributed by atoms with Gasteiger partial charge in [0.15, 0.2) is 0 Å². The van der Waals surface area contributed by atoms with Crippen molar-refractivity contribution in [1.82, 2.24) is 0 Å². The van der Waals surface area contributed by atoms with Crippen LogP contribution < -0.4 is 0 Å². The van der Waals surface area contributed by atoms with Crippen molar-refractivity contribution in [3.8, 4) is 0 Å². The first-order chi connectivity index (χ1) is 8.08. The quantitative estimate of drug-likeness (QED) is 0.501. The van der Waals surface area contributed by atoms with Crippen LogP contribution in [-0.4, -0.2) is 0 Å². The summed E-state index contributed by atoms with van der Waals surface area (Å²) in [4.78, 5) is 0. The summed E-state index contributed by atoms with van der Waals surface area (Å²) < 4.78 is 0. The topological polar surface area (TPSA) is 0 Å². The Labute approximate surface area is 115 Å². The maximum atomic E-state index is 2.53. The van der Waals surface area contributed by atoms with Gasteiger partial charge in [-0.15, -0.1) is 0 Å². The highest BCUT2D eigenvalue weighted by atomic mass is 14.6. The second-order valence-electron chi connectivity index (χ2n) is 9.34. The Morgan fingerprint density at radius 1 is 0.778 bits per heavy atom. The van der Waals surface area contributed by atoms with Crippen molar-refractivity contribution >= 4 is 0 Å². The third-order valence-corrected chi connectivity index (χ3v) is 6.32. The van der Waals surface area contributed by atoms with Gasteiger partial charge in [0.1, 0.15) is 0 Å². The molecular weight excluding hydrogens is 216 g/mol. The number of hydrogen-bond acceptors (Lipinski definition) is 0. The van der Waals surface area contributed by atoms with Gasteiger partial charge in [-0.1, -0.05) is 48.5 Å². The zero-order valence-corrected chi connectivity index (χ0v) is 13.8. The van der Waals surface area contributed by atoms with Crippen molar-refractivity contribution < 1.29 is 0 Å². The summed E-state index contributed by atoms with van der Waals surface area (Å²) in [6.07, 6.45) is 7.21. The Morgan fingerprint density at radius 2 is 1.33 bits per heavy atom. The van der Waals surface area contributed by atoms with E-state index in [4.69, 9.17) is 0 Å². The molecule has 0 aromatic rings. The molecule has 0 nitrogen and oxygen atoms in total. The summed E-state index contributed by atoms with van der Waals surface area (Å²) in [7, 11) is 0. The van der Waals surface area contributed by atoms with Gasteiger partial charge in [-0.05, 0) is 66.1 Å².